The van der Waals surface area contributed by atoms with E-state index in [0.717, 1.165) is 47.2 Å². The van der Waals surface area contributed by atoms with E-state index in [2.05, 4.69) is 19.7 Å². The van der Waals surface area contributed by atoms with Crippen LogP contribution in [0.4, 0.5) is 0 Å². The van der Waals surface area contributed by atoms with Gasteiger partial charge in [-0.2, -0.15) is 0 Å². The Bertz CT molecular complexity index is 4200. The fourth-order valence-electron chi connectivity index (χ4n) is 11.1. The van der Waals surface area contributed by atoms with Gasteiger partial charge in [0.2, 0.25) is 0 Å². The summed E-state index contributed by atoms with van der Waals surface area (Å²) < 4.78 is 0. The molecule has 1 aliphatic carbocycles. The lowest BCUT2D eigenvalue weighted by molar-refractivity contribution is -0.140. The molecule has 0 bridgehead atoms. The van der Waals surface area contributed by atoms with Gasteiger partial charge in [0, 0.05) is 85.2 Å². The van der Waals surface area contributed by atoms with E-state index in [1.165, 1.54) is 84.1 Å². The first-order valence-electron chi connectivity index (χ1n) is 32.7. The van der Waals surface area contributed by atoms with Crippen LogP contribution < -0.4 is 5.32 Å². The summed E-state index contributed by atoms with van der Waals surface area (Å²) >= 11 is 0. The molecule has 100 heavy (non-hydrogen) atoms. The van der Waals surface area contributed by atoms with Crippen molar-refractivity contribution in [1.29, 1.82) is 0 Å². The molecule has 0 aromatic heterocycles. The first-order valence-corrected chi connectivity index (χ1v) is 32.7. The minimum Gasteiger partial charge on any atom is -0.289 e. The number of hydrogen-bond donors (Lipinski definition) is 1. The summed E-state index contributed by atoms with van der Waals surface area (Å²) in [5.41, 5.74) is 6.86. The van der Waals surface area contributed by atoms with Crippen LogP contribution in [0.5, 0.6) is 0 Å². The van der Waals surface area contributed by atoms with Gasteiger partial charge in [-0.05, 0) is 110 Å². The molecule has 508 valence electrons. The quantitative estimate of drug-likeness (QED) is 0.140. The van der Waals surface area contributed by atoms with E-state index < -0.39 is 0 Å². The molecule has 0 atom stereocenters. The Hall–Kier alpha value is -12.4. The fraction of sp³-hybridized carbons (Fsp3) is 0.171. The molecule has 15 rings (SSSR count). The van der Waals surface area contributed by atoms with Crippen LogP contribution in [0.1, 0.15) is 139 Å². The maximum atomic E-state index is 12.1. The second-order valence-electron chi connectivity index (χ2n) is 22.5. The van der Waals surface area contributed by atoms with Crippen molar-refractivity contribution in [3.63, 3.8) is 0 Å². The molecule has 1 N–H and O–H groups in total. The lowest BCUT2D eigenvalue weighted by atomic mass is 9.94. The second-order valence-corrected chi connectivity index (χ2v) is 22.5. The van der Waals surface area contributed by atoms with Crippen LogP contribution in [0.3, 0.4) is 0 Å². The molecule has 0 radical (unpaired) electrons. The average molecular weight is 1340 g/mol. The lowest BCUT2D eigenvalue weighted by Gasteiger charge is -2.29. The maximum absolute atomic E-state index is 12.1. The first-order chi connectivity index (χ1) is 48.3. The SMILES string of the molecule is C=Cc1ccccc1.C=Cc1ccccc1.C=Cc1ccccc1.CCN1C(=O)C=CC1=O.CCN1C(=O)c2cc3ccccc3cc2C1=O.CCN1C(=O)c2cccc3cccc(c23)C1=O.CCN1C(=O)c2ccccc2C1=O.O=C1C=CC(=O)N1.O=C1C=CC(=O)N1C1CCCCC1. The zero-order chi connectivity index (χ0) is 72.3. The third-order valence-corrected chi connectivity index (χ3v) is 16.3. The molecule has 18 nitrogen and oxygen atoms in total. The topological polar surface area (TPSA) is 233 Å². The smallest absolute Gasteiger partial charge is 0.261 e. The third kappa shape index (κ3) is 19.2. The van der Waals surface area contributed by atoms with Crippen LogP contribution in [0, 0.1) is 0 Å². The van der Waals surface area contributed by atoms with Crippen molar-refractivity contribution in [2.45, 2.75) is 65.8 Å². The molecule has 12 amide bonds. The van der Waals surface area contributed by atoms with Gasteiger partial charge >= 0.3 is 0 Å². The summed E-state index contributed by atoms with van der Waals surface area (Å²) in [4.78, 5) is 142. The Balaban J connectivity index is 0.000000161. The monoisotopic (exact) mass is 1340 g/mol. The number of hydrogen-bond acceptors (Lipinski definition) is 12. The maximum Gasteiger partial charge on any atom is 0.261 e. The lowest BCUT2D eigenvalue weighted by Crippen LogP contribution is -2.41. The van der Waals surface area contributed by atoms with Crippen molar-refractivity contribution in [2.75, 3.05) is 26.2 Å². The van der Waals surface area contributed by atoms with E-state index in [1.54, 1.807) is 69.3 Å². The molecule has 0 unspecified atom stereocenters. The van der Waals surface area contributed by atoms with Crippen LogP contribution >= 0.6 is 0 Å². The zero-order valence-electron chi connectivity index (χ0n) is 56.3. The normalized spacial score (nSPS) is 14.9. The van der Waals surface area contributed by atoms with Gasteiger partial charge in [0.25, 0.3) is 70.9 Å². The van der Waals surface area contributed by atoms with E-state index in [1.807, 2.05) is 170 Å². The second kappa shape index (κ2) is 37.2. The van der Waals surface area contributed by atoms with Crippen molar-refractivity contribution in [3.05, 3.63) is 294 Å². The average Bonchev–Trinajstić information content (AvgIpc) is 0.895. The molecule has 6 aliphatic heterocycles. The third-order valence-electron chi connectivity index (χ3n) is 16.3. The summed E-state index contributed by atoms with van der Waals surface area (Å²) in [5.74, 6) is -2.43. The molecule has 0 saturated heterocycles. The van der Waals surface area contributed by atoms with E-state index in [4.69, 9.17) is 0 Å². The van der Waals surface area contributed by atoms with Crippen LogP contribution in [-0.2, 0) is 28.8 Å². The predicted molar refractivity (Wildman–Crippen MR) is 389 cm³/mol. The van der Waals surface area contributed by atoms with E-state index in [9.17, 15) is 57.5 Å². The number of rotatable bonds is 8. The van der Waals surface area contributed by atoms with Crippen molar-refractivity contribution in [2.24, 2.45) is 0 Å². The van der Waals surface area contributed by atoms with Crippen LogP contribution in [0.2, 0.25) is 0 Å². The molecule has 0 spiro atoms. The number of carbonyl (C=O) groups excluding carboxylic acids is 12. The summed E-state index contributed by atoms with van der Waals surface area (Å²) in [6.07, 6.45) is 18.7. The molecule has 1 saturated carbocycles. The zero-order valence-corrected chi connectivity index (χ0v) is 56.3. The van der Waals surface area contributed by atoms with E-state index in [0.29, 0.717) is 59.6 Å². The Morgan fingerprint density at radius 2 is 0.630 bits per heavy atom. The van der Waals surface area contributed by atoms with Crippen molar-refractivity contribution >= 4 is 111 Å². The van der Waals surface area contributed by atoms with Crippen LogP contribution in [-0.4, -0.2) is 128 Å². The molecular formula is C82H78N6O12. The van der Waals surface area contributed by atoms with Gasteiger partial charge in [0.1, 0.15) is 0 Å². The van der Waals surface area contributed by atoms with Gasteiger partial charge < -0.3 is 0 Å². The Morgan fingerprint density at radius 3 is 0.940 bits per heavy atom. The van der Waals surface area contributed by atoms with Gasteiger partial charge in [0.15, 0.2) is 0 Å². The van der Waals surface area contributed by atoms with Gasteiger partial charge in [-0.1, -0.05) is 209 Å². The van der Waals surface area contributed by atoms with Crippen molar-refractivity contribution < 1.29 is 57.5 Å². The van der Waals surface area contributed by atoms with Gasteiger partial charge in [0.05, 0.1) is 22.3 Å². The van der Waals surface area contributed by atoms with Gasteiger partial charge in [-0.25, -0.2) is 0 Å². The Morgan fingerprint density at radius 1 is 0.330 bits per heavy atom. The number of nitrogens with zero attached hydrogens (tertiary/aromatic N) is 5. The molecule has 8 aromatic carbocycles. The fourth-order valence-corrected chi connectivity index (χ4v) is 11.1. The van der Waals surface area contributed by atoms with E-state index in [-0.39, 0.29) is 76.9 Å². The first kappa shape index (κ1) is 74.9. The van der Waals surface area contributed by atoms with Crippen molar-refractivity contribution in [3.8, 4) is 0 Å². The summed E-state index contributed by atoms with van der Waals surface area (Å²) in [6, 6.07) is 59.6. The number of nitrogens with one attached hydrogen (secondary N) is 1. The molecule has 6 heterocycles. The highest BCUT2D eigenvalue weighted by molar-refractivity contribution is 6.26. The molecule has 7 aliphatic rings. The standard InChI is InChI=1S/2C14H11NO2.C10H9NO2.C10H13NO2.3C8H8.C6H7NO2.C4H3NO2/c1-2-15-13(16)10-7-3-5-9-6-4-8-11(12(9)10)14(15)17;1-2-15-13(16)11-7-9-5-3-4-6-10(9)8-12(11)14(15)17;1-2-11-9(12)7-5-3-4-6-8(7)10(11)13;12-9-6-7-10(13)11(9)8-4-2-1-3-5-8;3*1-2-8-6-4-3-5-7-8;1-2-7-5(8)3-4-6(7)9;6-3-1-2-4(7)5-3/h2*3-8H,2H2,1H3;3-6H,2H2,1H3;6-8H,1-5H2;3*2-7H,1H2;3-4H,2H2,1H3;1-2H,(H,5,6,7). The highest BCUT2D eigenvalue weighted by Crippen LogP contribution is 2.31. The largest absolute Gasteiger partial charge is 0.289 e. The number of amides is 12. The summed E-state index contributed by atoms with van der Waals surface area (Å²) in [6.45, 7) is 19.8. The molecular weight excluding hydrogens is 1260 g/mol. The molecule has 8 aromatic rings. The van der Waals surface area contributed by atoms with Crippen LogP contribution in [0.15, 0.2) is 244 Å². The number of likely N-dealkylation sites (N-methyl/N-ethyl adjacent to an activating group) is 1. The number of imide groups is 6. The highest BCUT2D eigenvalue weighted by Gasteiger charge is 2.36. The minimum atomic E-state index is -0.329. The Kier molecular flexibility index (Phi) is 27.9. The predicted octanol–water partition coefficient (Wildman–Crippen LogP) is 13.6. The highest BCUT2D eigenvalue weighted by atomic mass is 16.2. The summed E-state index contributed by atoms with van der Waals surface area (Å²) in [7, 11) is 0. The molecule has 18 heteroatoms. The number of carbonyl (C=O) groups is 12. The number of benzene rings is 8. The van der Waals surface area contributed by atoms with Crippen LogP contribution in [0.25, 0.3) is 39.8 Å². The van der Waals surface area contributed by atoms with Gasteiger partial charge in [-0.3, -0.25) is 87.4 Å². The minimum absolute atomic E-state index is 0.128. The number of fused-ring (bicyclic) bond motifs is 3. The molecule has 1 fully saturated rings. The Labute approximate surface area is 581 Å². The summed E-state index contributed by atoms with van der Waals surface area (Å²) in [5, 5.41) is 5.74. The van der Waals surface area contributed by atoms with Gasteiger partial charge in [-0.15, -0.1) is 0 Å². The van der Waals surface area contributed by atoms with E-state index >= 15 is 0 Å². The van der Waals surface area contributed by atoms with Crippen molar-refractivity contribution in [1.82, 2.24) is 29.8 Å².